The quantitative estimate of drug-likeness (QED) is 0.611. The molecule has 6 heteroatoms. The van der Waals surface area contributed by atoms with Crippen LogP contribution in [0.3, 0.4) is 0 Å². The van der Waals surface area contributed by atoms with Crippen LogP contribution in [-0.4, -0.2) is 43.0 Å². The van der Waals surface area contributed by atoms with Gasteiger partial charge in [-0.1, -0.05) is 50.2 Å². The summed E-state index contributed by atoms with van der Waals surface area (Å²) in [5.41, 5.74) is 2.08. The Bertz CT molecular complexity index is 837. The minimum Gasteiger partial charge on any atom is -0.493 e. The van der Waals surface area contributed by atoms with E-state index in [4.69, 9.17) is 9.47 Å². The Balaban J connectivity index is 2.23. The van der Waals surface area contributed by atoms with Crippen molar-refractivity contribution < 1.29 is 19.1 Å². The Hall–Kier alpha value is -3.02. The number of rotatable bonds is 11. The van der Waals surface area contributed by atoms with Gasteiger partial charge in [-0.25, -0.2) is 0 Å². The van der Waals surface area contributed by atoms with Crippen molar-refractivity contribution in [2.24, 2.45) is 0 Å². The molecular weight excluding hydrogens is 380 g/mol. The molecule has 0 aliphatic heterocycles. The van der Waals surface area contributed by atoms with Gasteiger partial charge in [0, 0.05) is 13.1 Å². The van der Waals surface area contributed by atoms with Crippen molar-refractivity contribution in [3.63, 3.8) is 0 Å². The molecule has 0 aromatic heterocycles. The summed E-state index contributed by atoms with van der Waals surface area (Å²) < 4.78 is 11.0. The van der Waals surface area contributed by atoms with Crippen molar-refractivity contribution >= 4 is 11.8 Å². The number of hydrogen-bond acceptors (Lipinski definition) is 4. The topological polar surface area (TPSA) is 67.9 Å². The Kier molecular flexibility index (Phi) is 9.19. The molecule has 0 saturated heterocycles. The minimum absolute atomic E-state index is 0.140. The highest BCUT2D eigenvalue weighted by atomic mass is 16.5. The molecule has 1 N–H and O–H groups in total. The number of nitrogens with one attached hydrogen (secondary N) is 1. The normalized spacial score (nSPS) is 11.5. The van der Waals surface area contributed by atoms with E-state index in [1.165, 1.54) is 0 Å². The molecule has 0 fully saturated rings. The number of amides is 2. The van der Waals surface area contributed by atoms with Crippen molar-refractivity contribution in [3.8, 4) is 11.5 Å². The van der Waals surface area contributed by atoms with Crippen LogP contribution in [0.5, 0.6) is 11.5 Å². The van der Waals surface area contributed by atoms with Gasteiger partial charge in [-0.2, -0.15) is 0 Å². The third-order valence-electron chi connectivity index (χ3n) is 4.96. The SMILES string of the molecule is CCCNC(=O)[C@@H](CC)N(Cc1ccccc1C)C(=O)COc1ccccc1OC. The van der Waals surface area contributed by atoms with E-state index in [0.29, 0.717) is 31.0 Å². The molecule has 162 valence electrons. The highest BCUT2D eigenvalue weighted by molar-refractivity contribution is 5.88. The number of ether oxygens (including phenoxy) is 2. The van der Waals surface area contributed by atoms with Gasteiger partial charge in [0.2, 0.25) is 5.91 Å². The van der Waals surface area contributed by atoms with E-state index in [0.717, 1.165) is 17.5 Å². The smallest absolute Gasteiger partial charge is 0.261 e. The lowest BCUT2D eigenvalue weighted by atomic mass is 10.1. The fraction of sp³-hybridized carbons (Fsp3) is 0.417. The third kappa shape index (κ3) is 6.24. The van der Waals surface area contributed by atoms with E-state index in [1.54, 1.807) is 24.1 Å². The van der Waals surface area contributed by atoms with E-state index >= 15 is 0 Å². The highest BCUT2D eigenvalue weighted by Crippen LogP contribution is 2.26. The summed E-state index contributed by atoms with van der Waals surface area (Å²) >= 11 is 0. The molecule has 0 radical (unpaired) electrons. The lowest BCUT2D eigenvalue weighted by Crippen LogP contribution is -2.50. The first-order valence-electron chi connectivity index (χ1n) is 10.4. The number of carbonyl (C=O) groups excluding carboxylic acids is 2. The van der Waals surface area contributed by atoms with Gasteiger partial charge in [-0.15, -0.1) is 0 Å². The third-order valence-corrected chi connectivity index (χ3v) is 4.96. The number of methoxy groups -OCH3 is 1. The van der Waals surface area contributed by atoms with E-state index < -0.39 is 6.04 Å². The van der Waals surface area contributed by atoms with Gasteiger partial charge >= 0.3 is 0 Å². The maximum absolute atomic E-state index is 13.2. The highest BCUT2D eigenvalue weighted by Gasteiger charge is 2.29. The number of aryl methyl sites for hydroxylation is 1. The number of carbonyl (C=O) groups is 2. The molecule has 0 unspecified atom stereocenters. The maximum Gasteiger partial charge on any atom is 0.261 e. The predicted octanol–water partition coefficient (Wildman–Crippen LogP) is 3.72. The molecule has 0 aliphatic rings. The molecular formula is C24H32N2O4. The van der Waals surface area contributed by atoms with Crippen LogP contribution in [0.15, 0.2) is 48.5 Å². The van der Waals surface area contributed by atoms with Crippen LogP contribution >= 0.6 is 0 Å². The van der Waals surface area contributed by atoms with Gasteiger partial charge in [0.05, 0.1) is 7.11 Å². The molecule has 1 atom stereocenters. The average molecular weight is 413 g/mol. The zero-order valence-corrected chi connectivity index (χ0v) is 18.3. The first-order valence-corrected chi connectivity index (χ1v) is 10.4. The van der Waals surface area contributed by atoms with Crippen LogP contribution in [0.2, 0.25) is 0 Å². The average Bonchev–Trinajstić information content (AvgIpc) is 2.77. The molecule has 0 aliphatic carbocycles. The Labute approximate surface area is 179 Å². The van der Waals surface area contributed by atoms with Gasteiger partial charge in [-0.05, 0) is 43.0 Å². The Morgan fingerprint density at radius 3 is 2.33 bits per heavy atom. The number of nitrogens with zero attached hydrogens (tertiary/aromatic N) is 1. The summed E-state index contributed by atoms with van der Waals surface area (Å²) in [6, 6.07) is 14.5. The van der Waals surface area contributed by atoms with Crippen molar-refractivity contribution in [3.05, 3.63) is 59.7 Å². The molecule has 2 rings (SSSR count). The number of para-hydroxylation sites is 2. The van der Waals surface area contributed by atoms with Crippen LogP contribution in [0, 0.1) is 6.92 Å². The molecule has 0 heterocycles. The molecule has 2 aromatic carbocycles. The lowest BCUT2D eigenvalue weighted by Gasteiger charge is -2.31. The molecule has 2 amide bonds. The van der Waals surface area contributed by atoms with E-state index in [2.05, 4.69) is 5.32 Å². The molecule has 0 spiro atoms. The number of hydrogen-bond donors (Lipinski definition) is 1. The second kappa shape index (κ2) is 11.9. The van der Waals surface area contributed by atoms with Gasteiger partial charge in [0.25, 0.3) is 5.91 Å². The molecule has 0 saturated carbocycles. The summed E-state index contributed by atoms with van der Waals surface area (Å²) in [5, 5.41) is 2.92. The minimum atomic E-state index is -0.565. The molecule has 2 aromatic rings. The molecule has 30 heavy (non-hydrogen) atoms. The van der Waals surface area contributed by atoms with Gasteiger partial charge in [0.1, 0.15) is 6.04 Å². The predicted molar refractivity (Wildman–Crippen MR) is 118 cm³/mol. The van der Waals surface area contributed by atoms with Crippen molar-refractivity contribution in [2.45, 2.75) is 46.2 Å². The summed E-state index contributed by atoms with van der Waals surface area (Å²) in [7, 11) is 1.56. The maximum atomic E-state index is 13.2. The fourth-order valence-corrected chi connectivity index (χ4v) is 3.22. The zero-order chi connectivity index (χ0) is 21.9. The zero-order valence-electron chi connectivity index (χ0n) is 18.3. The van der Waals surface area contributed by atoms with Crippen LogP contribution in [-0.2, 0) is 16.1 Å². The van der Waals surface area contributed by atoms with Crippen LogP contribution < -0.4 is 14.8 Å². The van der Waals surface area contributed by atoms with Gasteiger partial charge < -0.3 is 19.7 Å². The van der Waals surface area contributed by atoms with Crippen LogP contribution in [0.4, 0.5) is 0 Å². The summed E-state index contributed by atoms with van der Waals surface area (Å²) in [6.45, 7) is 6.66. The standard InChI is InChI=1S/C24H32N2O4/c1-5-15-25-24(28)20(6-2)26(16-19-12-8-7-11-18(19)3)23(27)17-30-22-14-10-9-13-21(22)29-4/h7-14,20H,5-6,15-17H2,1-4H3,(H,25,28)/t20-/m1/s1. The first-order chi connectivity index (χ1) is 14.5. The van der Waals surface area contributed by atoms with Crippen LogP contribution in [0.25, 0.3) is 0 Å². The van der Waals surface area contributed by atoms with Crippen molar-refractivity contribution in [1.82, 2.24) is 10.2 Å². The van der Waals surface area contributed by atoms with Crippen molar-refractivity contribution in [2.75, 3.05) is 20.3 Å². The summed E-state index contributed by atoms with van der Waals surface area (Å²) in [5.74, 6) is 0.664. The monoisotopic (exact) mass is 412 g/mol. The second-order valence-corrected chi connectivity index (χ2v) is 7.10. The first kappa shape index (κ1) is 23.3. The number of benzene rings is 2. The van der Waals surface area contributed by atoms with Gasteiger partial charge in [0.15, 0.2) is 18.1 Å². The lowest BCUT2D eigenvalue weighted by molar-refractivity contribution is -0.143. The van der Waals surface area contributed by atoms with E-state index in [-0.39, 0.29) is 18.4 Å². The summed E-state index contributed by atoms with van der Waals surface area (Å²) in [4.78, 5) is 27.6. The summed E-state index contributed by atoms with van der Waals surface area (Å²) in [6.07, 6.45) is 1.35. The Morgan fingerprint density at radius 1 is 1.03 bits per heavy atom. The van der Waals surface area contributed by atoms with E-state index in [1.807, 2.05) is 57.2 Å². The van der Waals surface area contributed by atoms with E-state index in [9.17, 15) is 9.59 Å². The van der Waals surface area contributed by atoms with Crippen molar-refractivity contribution in [1.29, 1.82) is 0 Å². The second-order valence-electron chi connectivity index (χ2n) is 7.10. The van der Waals surface area contributed by atoms with Gasteiger partial charge in [-0.3, -0.25) is 9.59 Å². The molecule has 0 bridgehead atoms. The largest absolute Gasteiger partial charge is 0.493 e. The van der Waals surface area contributed by atoms with Crippen LogP contribution in [0.1, 0.15) is 37.8 Å². The molecule has 6 nitrogen and oxygen atoms in total. The fourth-order valence-electron chi connectivity index (χ4n) is 3.22. The Morgan fingerprint density at radius 2 is 1.70 bits per heavy atom.